The smallest absolute Gasteiger partial charge is 0.296 e. The molecule has 0 saturated carbocycles. The number of benzene rings is 2. The van der Waals surface area contributed by atoms with Gasteiger partial charge in [0, 0.05) is 32.3 Å². The molecule has 1 fully saturated rings. The van der Waals surface area contributed by atoms with E-state index in [0.29, 0.717) is 5.56 Å². The zero-order chi connectivity index (χ0) is 22.2. The van der Waals surface area contributed by atoms with Crippen molar-refractivity contribution in [2.24, 2.45) is 0 Å². The molecule has 2 aliphatic rings. The molecular weight excluding hydrogens is 425 g/mol. The van der Waals surface area contributed by atoms with E-state index in [0.717, 1.165) is 0 Å². The number of hydrogen-bond acceptors (Lipinski definition) is 5. The van der Waals surface area contributed by atoms with Crippen LogP contribution < -0.4 is 5.32 Å². The average molecular weight is 443 g/mol. The van der Waals surface area contributed by atoms with Gasteiger partial charge in [-0.3, -0.25) is 14.4 Å². The van der Waals surface area contributed by atoms with Crippen LogP contribution in [0.3, 0.4) is 0 Å². The first-order chi connectivity index (χ1) is 14.8. The fourth-order valence-corrected chi connectivity index (χ4v) is 4.88. The van der Waals surface area contributed by atoms with E-state index in [1.54, 1.807) is 18.2 Å². The second kappa shape index (κ2) is 8.05. The van der Waals surface area contributed by atoms with Crippen LogP contribution in [0.5, 0.6) is 0 Å². The lowest BCUT2D eigenvalue weighted by atomic mass is 10.1. The summed E-state index contributed by atoms with van der Waals surface area (Å²) in [5, 5.41) is 2.38. The van der Waals surface area contributed by atoms with Gasteiger partial charge in [0.2, 0.25) is 15.9 Å². The van der Waals surface area contributed by atoms with Crippen LogP contribution in [0.1, 0.15) is 15.9 Å². The highest BCUT2D eigenvalue weighted by atomic mass is 32.2. The summed E-state index contributed by atoms with van der Waals surface area (Å²) in [6.07, 6.45) is 2.94. The number of amides is 2. The Morgan fingerprint density at radius 1 is 1.00 bits per heavy atom. The highest BCUT2D eigenvalue weighted by molar-refractivity contribution is 7.89. The summed E-state index contributed by atoms with van der Waals surface area (Å²) in [6, 6.07) is 9.63. The second-order valence-corrected chi connectivity index (χ2v) is 9.04. The van der Waals surface area contributed by atoms with E-state index in [9.17, 15) is 27.2 Å². The van der Waals surface area contributed by atoms with Crippen LogP contribution in [0.15, 0.2) is 53.4 Å². The third-order valence-corrected chi connectivity index (χ3v) is 7.06. The van der Waals surface area contributed by atoms with Crippen molar-refractivity contribution in [1.29, 1.82) is 0 Å². The summed E-state index contributed by atoms with van der Waals surface area (Å²) < 4.78 is 40.1. The number of ketones is 1. The Kier molecular flexibility index (Phi) is 5.42. The van der Waals surface area contributed by atoms with Crippen molar-refractivity contribution in [1.82, 2.24) is 9.21 Å². The summed E-state index contributed by atoms with van der Waals surface area (Å²) in [5.41, 5.74) is 0.998. The van der Waals surface area contributed by atoms with Gasteiger partial charge in [-0.25, -0.2) is 12.8 Å². The molecule has 0 unspecified atom stereocenters. The van der Waals surface area contributed by atoms with Gasteiger partial charge in [-0.15, -0.1) is 0 Å². The van der Waals surface area contributed by atoms with Gasteiger partial charge < -0.3 is 10.2 Å². The number of anilines is 1. The van der Waals surface area contributed by atoms with Crippen molar-refractivity contribution in [3.63, 3.8) is 0 Å². The largest absolute Gasteiger partial charge is 0.337 e. The maximum Gasteiger partial charge on any atom is 0.296 e. The minimum absolute atomic E-state index is 0.0332. The van der Waals surface area contributed by atoms with Crippen LogP contribution >= 0.6 is 0 Å². The molecule has 2 aromatic carbocycles. The predicted octanol–water partition coefficient (Wildman–Crippen LogP) is 1.51. The summed E-state index contributed by atoms with van der Waals surface area (Å²) in [5.74, 6) is -2.19. The number of halogens is 1. The number of piperazine rings is 1. The molecular formula is C21H18FN3O5S. The maximum absolute atomic E-state index is 13.0. The molecule has 160 valence electrons. The Hall–Kier alpha value is -3.37. The van der Waals surface area contributed by atoms with E-state index in [2.05, 4.69) is 5.32 Å². The van der Waals surface area contributed by atoms with Crippen LogP contribution in [0.2, 0.25) is 0 Å². The number of carbonyl (C=O) groups excluding carboxylic acids is 3. The van der Waals surface area contributed by atoms with Gasteiger partial charge in [-0.05, 0) is 42.0 Å². The first kappa shape index (κ1) is 20.9. The van der Waals surface area contributed by atoms with E-state index in [4.69, 9.17) is 0 Å². The van der Waals surface area contributed by atoms with Crippen LogP contribution in [0.25, 0.3) is 6.08 Å². The second-order valence-electron chi connectivity index (χ2n) is 7.10. The molecule has 31 heavy (non-hydrogen) atoms. The van der Waals surface area contributed by atoms with Gasteiger partial charge in [0.1, 0.15) is 5.82 Å². The normalized spacial score (nSPS) is 17.1. The molecule has 2 heterocycles. The predicted molar refractivity (Wildman–Crippen MR) is 110 cm³/mol. The molecule has 0 aliphatic carbocycles. The molecule has 0 bridgehead atoms. The number of carbonyl (C=O) groups is 3. The van der Waals surface area contributed by atoms with Crippen molar-refractivity contribution in [2.45, 2.75) is 4.90 Å². The molecule has 2 amide bonds. The van der Waals surface area contributed by atoms with Crippen molar-refractivity contribution in [3.8, 4) is 0 Å². The lowest BCUT2D eigenvalue weighted by molar-refractivity contribution is -0.127. The Balaban J connectivity index is 1.41. The van der Waals surface area contributed by atoms with E-state index in [1.165, 1.54) is 45.6 Å². The number of nitrogens with one attached hydrogen (secondary N) is 1. The number of rotatable bonds is 4. The third-order valence-electron chi connectivity index (χ3n) is 5.17. The highest BCUT2D eigenvalue weighted by Gasteiger charge is 2.33. The molecule has 2 aromatic rings. The van der Waals surface area contributed by atoms with Gasteiger partial charge in [0.25, 0.3) is 11.7 Å². The fraction of sp³-hybridized carbons (Fsp3) is 0.190. The quantitative estimate of drug-likeness (QED) is 0.570. The van der Waals surface area contributed by atoms with Gasteiger partial charge in [0.05, 0.1) is 16.1 Å². The standard InChI is InChI=1S/C21H18FN3O5S/c22-15-4-1-14(2-5-15)3-8-19(26)24-9-11-25(12-10-24)31(29,30)16-6-7-18-17(13-16)20(27)21(28)23-18/h1-8,13H,9-12H2,(H,23,27,28)/b8-3+. The molecule has 0 spiro atoms. The molecule has 10 heteroatoms. The number of Topliss-reactive ketones (excluding diaryl/α,β-unsaturated/α-hetero) is 1. The number of sulfonamides is 1. The summed E-state index contributed by atoms with van der Waals surface area (Å²) >= 11 is 0. The summed E-state index contributed by atoms with van der Waals surface area (Å²) in [6.45, 7) is 0.604. The average Bonchev–Trinajstić information content (AvgIpc) is 3.06. The molecule has 0 aromatic heterocycles. The SMILES string of the molecule is O=C1Nc2ccc(S(=O)(=O)N3CCN(C(=O)/C=C/c4ccc(F)cc4)CC3)cc2C1=O. The van der Waals surface area contributed by atoms with E-state index in [1.807, 2.05) is 0 Å². The van der Waals surface area contributed by atoms with E-state index in [-0.39, 0.29) is 54.0 Å². The lowest BCUT2D eigenvalue weighted by Gasteiger charge is -2.33. The third kappa shape index (κ3) is 4.12. The van der Waals surface area contributed by atoms with E-state index >= 15 is 0 Å². The van der Waals surface area contributed by atoms with Crippen molar-refractivity contribution in [2.75, 3.05) is 31.5 Å². The molecule has 0 atom stereocenters. The number of fused-ring (bicyclic) bond motifs is 1. The Morgan fingerprint density at radius 3 is 2.35 bits per heavy atom. The topological polar surface area (TPSA) is 104 Å². The molecule has 4 rings (SSSR count). The Morgan fingerprint density at radius 2 is 1.68 bits per heavy atom. The van der Waals surface area contributed by atoms with Gasteiger partial charge in [0.15, 0.2) is 0 Å². The van der Waals surface area contributed by atoms with Crippen molar-refractivity contribution < 1.29 is 27.2 Å². The molecule has 2 aliphatic heterocycles. The molecule has 1 N–H and O–H groups in total. The van der Waals surface area contributed by atoms with Crippen LogP contribution in [0, 0.1) is 5.82 Å². The summed E-state index contributed by atoms with van der Waals surface area (Å²) in [7, 11) is -3.88. The molecule has 0 radical (unpaired) electrons. The van der Waals surface area contributed by atoms with Crippen LogP contribution in [-0.4, -0.2) is 61.4 Å². The zero-order valence-corrected chi connectivity index (χ0v) is 17.1. The van der Waals surface area contributed by atoms with Gasteiger partial charge >= 0.3 is 0 Å². The monoisotopic (exact) mass is 443 g/mol. The van der Waals surface area contributed by atoms with Crippen molar-refractivity contribution >= 4 is 39.4 Å². The molecule has 1 saturated heterocycles. The maximum atomic E-state index is 13.0. The van der Waals surface area contributed by atoms with Crippen LogP contribution in [-0.2, 0) is 19.6 Å². The van der Waals surface area contributed by atoms with Crippen molar-refractivity contribution in [3.05, 3.63) is 65.5 Å². The Bertz CT molecular complexity index is 1200. The van der Waals surface area contributed by atoms with Gasteiger partial charge in [-0.1, -0.05) is 12.1 Å². The van der Waals surface area contributed by atoms with Gasteiger partial charge in [-0.2, -0.15) is 4.31 Å². The number of nitrogens with zero attached hydrogens (tertiary/aromatic N) is 2. The zero-order valence-electron chi connectivity index (χ0n) is 16.2. The van der Waals surface area contributed by atoms with Crippen LogP contribution in [0.4, 0.5) is 10.1 Å². The first-order valence-electron chi connectivity index (χ1n) is 9.48. The minimum atomic E-state index is -3.88. The number of hydrogen-bond donors (Lipinski definition) is 1. The lowest BCUT2D eigenvalue weighted by Crippen LogP contribution is -2.50. The first-order valence-corrected chi connectivity index (χ1v) is 10.9. The molecule has 8 nitrogen and oxygen atoms in total. The Labute approximate surface area is 178 Å². The fourth-order valence-electron chi connectivity index (χ4n) is 3.43. The summed E-state index contributed by atoms with van der Waals surface area (Å²) in [4.78, 5) is 37.2. The van der Waals surface area contributed by atoms with E-state index < -0.39 is 21.7 Å². The highest BCUT2D eigenvalue weighted by Crippen LogP contribution is 2.27. The minimum Gasteiger partial charge on any atom is -0.337 e.